The second-order valence-corrected chi connectivity index (χ2v) is 5.47. The molecule has 1 aromatic rings. The van der Waals surface area contributed by atoms with Crippen molar-refractivity contribution in [2.45, 2.75) is 25.7 Å². The van der Waals surface area contributed by atoms with Gasteiger partial charge in [-0.3, -0.25) is 0 Å². The third-order valence-electron chi connectivity index (χ3n) is 2.68. The minimum atomic E-state index is 0.0928. The van der Waals surface area contributed by atoms with E-state index in [1.54, 1.807) is 0 Å². The topological polar surface area (TPSA) is 32.3 Å². The van der Waals surface area contributed by atoms with E-state index in [9.17, 15) is 0 Å². The summed E-state index contributed by atoms with van der Waals surface area (Å²) < 4.78 is 1.16. The summed E-state index contributed by atoms with van der Waals surface area (Å²) in [5, 5.41) is 12.1. The third-order valence-corrected chi connectivity index (χ3v) is 3.37. The standard InChI is InChI=1S/C13H20BrNO/c1-13(2,10-15-8-5-9-16)11-6-3-4-7-12(11)14/h3-4,6-7,15-16H,5,8-10H2,1-2H3. The zero-order chi connectivity index (χ0) is 12.0. The molecule has 3 heteroatoms. The third kappa shape index (κ3) is 3.89. The zero-order valence-electron chi connectivity index (χ0n) is 9.96. The van der Waals surface area contributed by atoms with Crippen LogP contribution in [0.25, 0.3) is 0 Å². The SMILES string of the molecule is CC(C)(CNCCCO)c1ccccc1Br. The van der Waals surface area contributed by atoms with Crippen LogP contribution in [-0.4, -0.2) is 24.8 Å². The Kier molecular flexibility index (Phi) is 5.46. The lowest BCUT2D eigenvalue weighted by atomic mass is 9.84. The molecule has 2 nitrogen and oxygen atoms in total. The molecule has 0 amide bonds. The maximum atomic E-state index is 8.71. The molecule has 16 heavy (non-hydrogen) atoms. The van der Waals surface area contributed by atoms with E-state index < -0.39 is 0 Å². The van der Waals surface area contributed by atoms with E-state index in [1.807, 2.05) is 6.07 Å². The highest BCUT2D eigenvalue weighted by molar-refractivity contribution is 9.10. The molecular weight excluding hydrogens is 266 g/mol. The summed E-state index contributed by atoms with van der Waals surface area (Å²) in [7, 11) is 0. The summed E-state index contributed by atoms with van der Waals surface area (Å²) in [5.74, 6) is 0. The summed E-state index contributed by atoms with van der Waals surface area (Å²) in [5.41, 5.74) is 1.40. The number of aliphatic hydroxyl groups is 1. The molecule has 0 aliphatic rings. The minimum Gasteiger partial charge on any atom is -0.396 e. The molecular formula is C13H20BrNO. The summed E-state index contributed by atoms with van der Waals surface area (Å²) in [6.45, 7) is 6.47. The number of rotatable bonds is 6. The van der Waals surface area contributed by atoms with E-state index in [4.69, 9.17) is 5.11 Å². The number of hydrogen-bond donors (Lipinski definition) is 2. The molecule has 0 aliphatic heterocycles. The predicted octanol–water partition coefficient (Wildman–Crippen LogP) is 2.70. The van der Waals surface area contributed by atoms with Crippen molar-refractivity contribution in [3.05, 3.63) is 34.3 Å². The maximum Gasteiger partial charge on any atom is 0.0443 e. The summed E-state index contributed by atoms with van der Waals surface area (Å²) in [4.78, 5) is 0. The molecule has 0 bridgehead atoms. The Morgan fingerprint density at radius 2 is 2.00 bits per heavy atom. The number of nitrogens with one attached hydrogen (secondary N) is 1. The van der Waals surface area contributed by atoms with Crippen LogP contribution in [0.2, 0.25) is 0 Å². The lowest BCUT2D eigenvalue weighted by Crippen LogP contribution is -2.34. The first-order valence-electron chi connectivity index (χ1n) is 5.64. The minimum absolute atomic E-state index is 0.0928. The Hall–Kier alpha value is -0.380. The highest BCUT2D eigenvalue weighted by atomic mass is 79.9. The maximum absolute atomic E-state index is 8.71. The van der Waals surface area contributed by atoms with Gasteiger partial charge in [-0.05, 0) is 24.6 Å². The second-order valence-electron chi connectivity index (χ2n) is 4.62. The van der Waals surface area contributed by atoms with Crippen LogP contribution in [0.15, 0.2) is 28.7 Å². The van der Waals surface area contributed by atoms with Crippen LogP contribution in [0.3, 0.4) is 0 Å². The van der Waals surface area contributed by atoms with Crippen molar-refractivity contribution in [3.63, 3.8) is 0 Å². The second kappa shape index (κ2) is 6.38. The summed E-state index contributed by atoms with van der Waals surface area (Å²) >= 11 is 3.59. The first-order valence-corrected chi connectivity index (χ1v) is 6.44. The van der Waals surface area contributed by atoms with Gasteiger partial charge in [-0.1, -0.05) is 48.0 Å². The van der Waals surface area contributed by atoms with Gasteiger partial charge in [0.25, 0.3) is 0 Å². The molecule has 0 heterocycles. The fourth-order valence-electron chi connectivity index (χ4n) is 1.71. The van der Waals surface area contributed by atoms with Gasteiger partial charge in [0.1, 0.15) is 0 Å². The number of hydrogen-bond acceptors (Lipinski definition) is 2. The van der Waals surface area contributed by atoms with Gasteiger partial charge in [-0.25, -0.2) is 0 Å². The van der Waals surface area contributed by atoms with Crippen LogP contribution in [-0.2, 0) is 5.41 Å². The average molecular weight is 286 g/mol. The monoisotopic (exact) mass is 285 g/mol. The molecule has 0 aliphatic carbocycles. The quantitative estimate of drug-likeness (QED) is 0.788. The first-order chi connectivity index (χ1) is 7.58. The Morgan fingerprint density at radius 3 is 2.62 bits per heavy atom. The molecule has 0 saturated carbocycles. The largest absolute Gasteiger partial charge is 0.396 e. The molecule has 1 aromatic carbocycles. The summed E-state index contributed by atoms with van der Waals surface area (Å²) in [6, 6.07) is 8.32. The van der Waals surface area contributed by atoms with E-state index in [-0.39, 0.29) is 12.0 Å². The van der Waals surface area contributed by atoms with Crippen molar-refractivity contribution >= 4 is 15.9 Å². The lowest BCUT2D eigenvalue weighted by Gasteiger charge is -2.27. The van der Waals surface area contributed by atoms with Crippen molar-refractivity contribution in [3.8, 4) is 0 Å². The molecule has 0 fully saturated rings. The van der Waals surface area contributed by atoms with Crippen molar-refractivity contribution < 1.29 is 5.11 Å². The van der Waals surface area contributed by atoms with Crippen LogP contribution in [0.4, 0.5) is 0 Å². The number of aliphatic hydroxyl groups excluding tert-OH is 1. The fourth-order valence-corrected chi connectivity index (χ4v) is 2.53. The van der Waals surface area contributed by atoms with Crippen LogP contribution in [0.5, 0.6) is 0 Å². The molecule has 0 aromatic heterocycles. The molecule has 1 rings (SSSR count). The molecule has 0 saturated heterocycles. The van der Waals surface area contributed by atoms with Gasteiger partial charge in [0.2, 0.25) is 0 Å². The Balaban J connectivity index is 2.59. The highest BCUT2D eigenvalue weighted by Gasteiger charge is 2.21. The predicted molar refractivity (Wildman–Crippen MR) is 71.7 cm³/mol. The van der Waals surface area contributed by atoms with Gasteiger partial charge in [0, 0.05) is 23.0 Å². The molecule has 0 radical (unpaired) electrons. The van der Waals surface area contributed by atoms with Crippen LogP contribution < -0.4 is 5.32 Å². The van der Waals surface area contributed by atoms with Crippen molar-refractivity contribution in [2.24, 2.45) is 0 Å². The van der Waals surface area contributed by atoms with Gasteiger partial charge in [-0.15, -0.1) is 0 Å². The van der Waals surface area contributed by atoms with Crippen LogP contribution in [0.1, 0.15) is 25.8 Å². The van der Waals surface area contributed by atoms with Crippen LogP contribution >= 0.6 is 15.9 Å². The highest BCUT2D eigenvalue weighted by Crippen LogP contribution is 2.29. The fraction of sp³-hybridized carbons (Fsp3) is 0.538. The van der Waals surface area contributed by atoms with E-state index in [1.165, 1.54) is 5.56 Å². The smallest absolute Gasteiger partial charge is 0.0443 e. The van der Waals surface area contributed by atoms with E-state index in [0.29, 0.717) is 0 Å². The van der Waals surface area contributed by atoms with Crippen molar-refractivity contribution in [1.82, 2.24) is 5.32 Å². The Labute approximate surface area is 106 Å². The summed E-state index contributed by atoms with van der Waals surface area (Å²) in [6.07, 6.45) is 0.812. The number of halogens is 1. The van der Waals surface area contributed by atoms with Gasteiger partial charge >= 0.3 is 0 Å². The molecule has 0 unspecified atom stereocenters. The van der Waals surface area contributed by atoms with Gasteiger partial charge in [0.05, 0.1) is 0 Å². The normalized spacial score (nSPS) is 11.8. The van der Waals surface area contributed by atoms with E-state index >= 15 is 0 Å². The van der Waals surface area contributed by atoms with Gasteiger partial charge in [0.15, 0.2) is 0 Å². The van der Waals surface area contributed by atoms with E-state index in [2.05, 4.69) is 53.3 Å². The molecule has 0 atom stereocenters. The van der Waals surface area contributed by atoms with Gasteiger partial charge in [-0.2, -0.15) is 0 Å². The lowest BCUT2D eigenvalue weighted by molar-refractivity contribution is 0.284. The Morgan fingerprint density at radius 1 is 1.31 bits per heavy atom. The van der Waals surface area contributed by atoms with E-state index in [0.717, 1.165) is 24.0 Å². The molecule has 0 spiro atoms. The van der Waals surface area contributed by atoms with Crippen molar-refractivity contribution in [2.75, 3.05) is 19.7 Å². The molecule has 2 N–H and O–H groups in total. The van der Waals surface area contributed by atoms with Crippen molar-refractivity contribution in [1.29, 1.82) is 0 Å². The zero-order valence-corrected chi connectivity index (χ0v) is 11.5. The van der Waals surface area contributed by atoms with Gasteiger partial charge < -0.3 is 10.4 Å². The first kappa shape index (κ1) is 13.7. The molecule has 90 valence electrons. The van der Waals surface area contributed by atoms with Crippen LogP contribution in [0, 0.1) is 0 Å². The Bertz CT molecular complexity index is 325. The number of benzene rings is 1. The average Bonchev–Trinajstić information content (AvgIpc) is 2.25.